The molecule has 0 unspecified atom stereocenters. The molecule has 1 heterocycles. The van der Waals surface area contributed by atoms with Gasteiger partial charge in [-0.05, 0) is 30.8 Å². The van der Waals surface area contributed by atoms with Crippen LogP contribution in [-0.2, 0) is 0 Å². The Morgan fingerprint density at radius 2 is 2.16 bits per heavy atom. The van der Waals surface area contributed by atoms with Crippen molar-refractivity contribution < 1.29 is 9.18 Å². The van der Waals surface area contributed by atoms with Crippen molar-refractivity contribution in [3.8, 4) is 0 Å². The molecule has 0 radical (unpaired) electrons. The summed E-state index contributed by atoms with van der Waals surface area (Å²) >= 11 is 4.98. The molecule has 19 heavy (non-hydrogen) atoms. The second-order valence-corrected chi connectivity index (χ2v) is 4.94. The lowest BCUT2D eigenvalue weighted by molar-refractivity contribution is 0.0794. The molecule has 0 spiro atoms. The molecule has 0 fully saturated rings. The van der Waals surface area contributed by atoms with Crippen LogP contribution in [0.1, 0.15) is 30.1 Å². The number of benzene rings is 1. The van der Waals surface area contributed by atoms with E-state index in [0.717, 1.165) is 12.8 Å². The average Bonchev–Trinajstić information content (AvgIpc) is 2.74. The maximum absolute atomic E-state index is 13.5. The molecule has 0 aliphatic rings. The van der Waals surface area contributed by atoms with Gasteiger partial charge in [0.05, 0.1) is 16.6 Å². The second kappa shape index (κ2) is 5.52. The molecule has 4 nitrogen and oxygen atoms in total. The number of amides is 1. The van der Waals surface area contributed by atoms with Gasteiger partial charge in [0.2, 0.25) is 0 Å². The van der Waals surface area contributed by atoms with Gasteiger partial charge in [-0.15, -0.1) is 0 Å². The van der Waals surface area contributed by atoms with Gasteiger partial charge in [-0.2, -0.15) is 0 Å². The highest BCUT2D eigenvalue weighted by Crippen LogP contribution is 2.19. The largest absolute Gasteiger partial charge is 0.342 e. The number of carbonyl (C=O) groups excluding carboxylic acids is 1. The minimum atomic E-state index is -0.454. The molecule has 0 saturated carbocycles. The molecular formula is C13H16FN3OS. The van der Waals surface area contributed by atoms with Crippen molar-refractivity contribution in [3.63, 3.8) is 0 Å². The second-order valence-electron chi connectivity index (χ2n) is 4.54. The van der Waals surface area contributed by atoms with Gasteiger partial charge in [-0.3, -0.25) is 4.79 Å². The molecule has 2 N–H and O–H groups in total. The van der Waals surface area contributed by atoms with E-state index >= 15 is 0 Å². The van der Waals surface area contributed by atoms with Crippen LogP contribution >= 0.6 is 12.2 Å². The summed E-state index contributed by atoms with van der Waals surface area (Å²) in [5.74, 6) is -0.659. The van der Waals surface area contributed by atoms with Gasteiger partial charge < -0.3 is 14.9 Å². The zero-order valence-corrected chi connectivity index (χ0v) is 11.7. The molecular weight excluding hydrogens is 265 g/mol. The summed E-state index contributed by atoms with van der Waals surface area (Å²) in [6.07, 6.45) is 1.92. The van der Waals surface area contributed by atoms with Crippen molar-refractivity contribution in [2.45, 2.75) is 19.8 Å². The fourth-order valence-electron chi connectivity index (χ4n) is 1.98. The lowest BCUT2D eigenvalue weighted by Crippen LogP contribution is -2.28. The standard InChI is InChI=1S/C13H16FN3OS/c1-3-4-5-17(2)12(18)9-6-8(14)7-10-11(9)16-13(19)15-10/h6-7H,3-5H2,1-2H3,(H2,15,16,19). The Morgan fingerprint density at radius 3 is 2.84 bits per heavy atom. The van der Waals surface area contributed by atoms with Crippen LogP contribution in [-0.4, -0.2) is 34.4 Å². The van der Waals surface area contributed by atoms with Crippen LogP contribution in [0.4, 0.5) is 4.39 Å². The maximum Gasteiger partial charge on any atom is 0.255 e. The Morgan fingerprint density at radius 1 is 1.42 bits per heavy atom. The third-order valence-corrected chi connectivity index (χ3v) is 3.22. The molecule has 0 atom stereocenters. The lowest BCUT2D eigenvalue weighted by Gasteiger charge is -2.17. The van der Waals surface area contributed by atoms with Crippen LogP contribution in [0.5, 0.6) is 0 Å². The minimum Gasteiger partial charge on any atom is -0.342 e. The van der Waals surface area contributed by atoms with Crippen LogP contribution < -0.4 is 0 Å². The van der Waals surface area contributed by atoms with Crippen LogP contribution in [0.2, 0.25) is 0 Å². The predicted octanol–water partition coefficient (Wildman–Crippen LogP) is 3.24. The first kappa shape index (κ1) is 13.7. The fraction of sp³-hybridized carbons (Fsp3) is 0.385. The number of imidazole rings is 1. The first-order valence-corrected chi connectivity index (χ1v) is 6.60. The summed E-state index contributed by atoms with van der Waals surface area (Å²) in [6, 6.07) is 2.57. The number of unbranched alkanes of at least 4 members (excludes halogenated alkanes) is 1. The summed E-state index contributed by atoms with van der Waals surface area (Å²) in [4.78, 5) is 19.6. The van der Waals surface area contributed by atoms with Gasteiger partial charge in [-0.1, -0.05) is 13.3 Å². The molecule has 1 aromatic heterocycles. The number of aromatic nitrogens is 2. The summed E-state index contributed by atoms with van der Waals surface area (Å²) in [6.45, 7) is 2.71. The van der Waals surface area contributed by atoms with Crippen LogP contribution in [0.15, 0.2) is 12.1 Å². The van der Waals surface area contributed by atoms with Gasteiger partial charge in [0.15, 0.2) is 4.77 Å². The number of rotatable bonds is 4. The smallest absolute Gasteiger partial charge is 0.255 e. The van der Waals surface area contributed by atoms with Crippen molar-refractivity contribution >= 4 is 29.2 Å². The maximum atomic E-state index is 13.5. The minimum absolute atomic E-state index is 0.205. The molecule has 2 rings (SSSR count). The van der Waals surface area contributed by atoms with Crippen molar-refractivity contribution in [1.29, 1.82) is 0 Å². The highest BCUT2D eigenvalue weighted by atomic mass is 32.1. The Kier molecular flexibility index (Phi) is 3.99. The van der Waals surface area contributed by atoms with Gasteiger partial charge >= 0.3 is 0 Å². The number of aromatic amines is 2. The number of hydrogen-bond acceptors (Lipinski definition) is 2. The van der Waals surface area contributed by atoms with E-state index in [1.165, 1.54) is 12.1 Å². The van der Waals surface area contributed by atoms with Crippen molar-refractivity contribution in [2.75, 3.05) is 13.6 Å². The Bertz CT molecular complexity index is 661. The molecule has 0 aliphatic carbocycles. The number of H-pyrrole nitrogens is 2. The fourth-order valence-corrected chi connectivity index (χ4v) is 2.19. The number of halogens is 1. The van der Waals surface area contributed by atoms with Crippen LogP contribution in [0.3, 0.4) is 0 Å². The molecule has 102 valence electrons. The normalized spacial score (nSPS) is 10.9. The van der Waals surface area contributed by atoms with Gasteiger partial charge in [0, 0.05) is 13.6 Å². The molecule has 2 aromatic rings. The van der Waals surface area contributed by atoms with E-state index in [9.17, 15) is 9.18 Å². The summed E-state index contributed by atoms with van der Waals surface area (Å²) in [5, 5.41) is 0. The number of nitrogens with zero attached hydrogens (tertiary/aromatic N) is 1. The van der Waals surface area contributed by atoms with Crippen molar-refractivity contribution in [2.24, 2.45) is 0 Å². The SMILES string of the molecule is CCCCN(C)C(=O)c1cc(F)cc2[nH]c(=S)[nH]c12. The van der Waals surface area contributed by atoms with Gasteiger partial charge in [0.25, 0.3) is 5.91 Å². The van der Waals surface area contributed by atoms with E-state index in [1.54, 1.807) is 11.9 Å². The van der Waals surface area contributed by atoms with Crippen molar-refractivity contribution in [1.82, 2.24) is 14.9 Å². The van der Waals surface area contributed by atoms with Gasteiger partial charge in [0.1, 0.15) is 5.82 Å². The van der Waals surface area contributed by atoms with Crippen molar-refractivity contribution in [3.05, 3.63) is 28.3 Å². The quantitative estimate of drug-likeness (QED) is 0.845. The Hall–Kier alpha value is -1.69. The molecule has 1 amide bonds. The number of hydrogen-bond donors (Lipinski definition) is 2. The van der Waals surface area contributed by atoms with E-state index in [2.05, 4.69) is 16.9 Å². The number of fused-ring (bicyclic) bond motifs is 1. The number of carbonyl (C=O) groups is 1. The first-order valence-electron chi connectivity index (χ1n) is 6.20. The third kappa shape index (κ3) is 2.84. The predicted molar refractivity (Wildman–Crippen MR) is 75.3 cm³/mol. The molecule has 1 aromatic carbocycles. The topological polar surface area (TPSA) is 51.9 Å². The van der Waals surface area contributed by atoms with E-state index in [0.29, 0.717) is 27.9 Å². The van der Waals surface area contributed by atoms with E-state index < -0.39 is 5.82 Å². The zero-order chi connectivity index (χ0) is 14.0. The van der Waals surface area contributed by atoms with Crippen LogP contribution in [0, 0.1) is 10.6 Å². The summed E-state index contributed by atoms with van der Waals surface area (Å²) in [5.41, 5.74) is 1.37. The Labute approximate surface area is 115 Å². The first-order chi connectivity index (χ1) is 9.02. The lowest BCUT2D eigenvalue weighted by atomic mass is 10.1. The molecule has 0 bridgehead atoms. The van der Waals surface area contributed by atoms with E-state index in [1.807, 2.05) is 0 Å². The highest BCUT2D eigenvalue weighted by Gasteiger charge is 2.17. The van der Waals surface area contributed by atoms with Crippen LogP contribution in [0.25, 0.3) is 11.0 Å². The molecule has 0 aliphatic heterocycles. The Balaban J connectivity index is 2.43. The summed E-state index contributed by atoms with van der Waals surface area (Å²) in [7, 11) is 1.72. The zero-order valence-electron chi connectivity index (χ0n) is 10.9. The highest BCUT2D eigenvalue weighted by molar-refractivity contribution is 7.71. The van der Waals surface area contributed by atoms with E-state index in [4.69, 9.17) is 12.2 Å². The monoisotopic (exact) mass is 281 g/mol. The third-order valence-electron chi connectivity index (χ3n) is 3.01. The average molecular weight is 281 g/mol. The molecule has 6 heteroatoms. The number of nitrogens with one attached hydrogen (secondary N) is 2. The van der Waals surface area contributed by atoms with E-state index in [-0.39, 0.29) is 5.91 Å². The molecule has 0 saturated heterocycles. The van der Waals surface area contributed by atoms with Gasteiger partial charge in [-0.25, -0.2) is 4.39 Å². The summed E-state index contributed by atoms with van der Waals surface area (Å²) < 4.78 is 13.9.